The Hall–Kier alpha value is 2.91. The van der Waals surface area contributed by atoms with Gasteiger partial charge in [-0.1, -0.05) is 13.8 Å². The molecule has 0 aromatic rings. The van der Waals surface area contributed by atoms with E-state index in [-0.39, 0.29) is 16.2 Å². The fourth-order valence-corrected chi connectivity index (χ4v) is 44.1. The molecule has 0 atom stereocenters. The van der Waals surface area contributed by atoms with Crippen LogP contribution in [0.15, 0.2) is 0 Å². The Balaban J connectivity index is -0.0000000772. The van der Waals surface area contributed by atoms with Gasteiger partial charge in [-0.25, -0.2) is 0 Å². The second-order valence-corrected chi connectivity index (χ2v) is 108. The highest BCUT2D eigenvalue weighted by Crippen LogP contribution is 1.71. The summed E-state index contributed by atoms with van der Waals surface area (Å²) < 4.78 is 5.77. The second kappa shape index (κ2) is 24.0. The largest absolute Gasteiger partial charge is 0.473 e. The van der Waals surface area contributed by atoms with Gasteiger partial charge < -0.3 is 4.12 Å². The van der Waals surface area contributed by atoms with Gasteiger partial charge in [-0.3, -0.25) is 0 Å². The fraction of sp³-hybridized carbons (Fsp3) is 1.00. The van der Waals surface area contributed by atoms with Gasteiger partial charge in [0.1, 0.15) is 16.2 Å². The fourth-order valence-electron chi connectivity index (χ4n) is 0.544. The van der Waals surface area contributed by atoms with Crippen molar-refractivity contribution in [1.29, 1.82) is 0 Å². The third kappa shape index (κ3) is 45.4. The van der Waals surface area contributed by atoms with Crippen LogP contribution in [-0.4, -0.2) is 115 Å². The molecule has 0 spiro atoms. The van der Waals surface area contributed by atoms with Crippen LogP contribution in [0, 0.1) is 0 Å². The minimum Gasteiger partial charge on any atom is -0.473 e. The zero-order valence-corrected chi connectivity index (χ0v) is 35.7. The maximum absolute atomic E-state index is 5.77. The molecule has 0 radical (unpaired) electrons. The molecule has 0 unspecified atom stereocenters. The molecule has 0 aromatic heterocycles. The Morgan fingerprint density at radius 1 is 0.647 bits per heavy atom. The van der Waals surface area contributed by atoms with E-state index in [0.717, 1.165) is 0 Å². The van der Waals surface area contributed by atoms with Crippen LogP contribution in [-0.2, 0) is 4.12 Å². The lowest BCUT2D eigenvalue weighted by atomic mass is 11.0. The van der Waals surface area contributed by atoms with E-state index in [0.29, 0.717) is 14.7 Å². The molecule has 0 aliphatic heterocycles. The van der Waals surface area contributed by atoms with Crippen LogP contribution in [0.5, 0.6) is 0 Å². The first-order chi connectivity index (χ1) is 7.77. The molecule has 0 saturated carbocycles. The van der Waals surface area contributed by atoms with Crippen molar-refractivity contribution in [3.63, 3.8) is 0 Å². The number of rotatable bonds is 3. The lowest BCUT2D eigenvalue weighted by molar-refractivity contribution is 0.660. The Morgan fingerprint density at radius 3 is 0.824 bits per heavy atom. The van der Waals surface area contributed by atoms with E-state index >= 15 is 0 Å². The Bertz CT molecular complexity index is 97.9. The average Bonchev–Trinajstić information content (AvgIpc) is 2.22. The zero-order valence-electron chi connectivity index (χ0n) is 14.2. The second-order valence-electron chi connectivity index (χ2n) is 4.72. The number of thiol groups is 1. The van der Waals surface area contributed by atoms with Gasteiger partial charge in [-0.05, 0) is 60.0 Å². The predicted molar refractivity (Wildman–Crippen MR) is 135 cm³/mol. The SMILES string of the molecule is CC.CS.[SiH3][SiH]([SiH3])O[SiH]([SiH3])[SiH3].[SiH3][SiH]([SiH3])[SiH]([SiH3])[SiH3]. The summed E-state index contributed by atoms with van der Waals surface area (Å²) in [6.07, 6.45) is 1.69. The van der Waals surface area contributed by atoms with Gasteiger partial charge in [-0.2, -0.15) is 12.6 Å². The van der Waals surface area contributed by atoms with Crippen LogP contribution < -0.4 is 0 Å². The molecule has 0 aliphatic carbocycles. The van der Waals surface area contributed by atoms with Crippen molar-refractivity contribution in [3.8, 4) is 0 Å². The number of hydrogen-bond acceptors (Lipinski definition) is 2. The molecule has 110 valence electrons. The third-order valence-electron chi connectivity index (χ3n) is 1.88. The van der Waals surface area contributed by atoms with E-state index in [9.17, 15) is 0 Å². The molecule has 0 aromatic carbocycles. The topological polar surface area (TPSA) is 9.23 Å². The van der Waals surface area contributed by atoms with Crippen LogP contribution in [0.3, 0.4) is 0 Å². The van der Waals surface area contributed by atoms with E-state index < -0.39 is 0 Å². The summed E-state index contributed by atoms with van der Waals surface area (Å²) in [4.78, 5) is 0. The highest BCUT2D eigenvalue weighted by Gasteiger charge is 1.99. The quantitative estimate of drug-likeness (QED) is 0.326. The van der Waals surface area contributed by atoms with E-state index in [2.05, 4.69) is 12.6 Å². The number of hydrogen-bond donors (Lipinski definition) is 1. The summed E-state index contributed by atoms with van der Waals surface area (Å²) in [5, 5.41) is 0. The van der Waals surface area contributed by atoms with Crippen molar-refractivity contribution in [1.82, 2.24) is 0 Å². The van der Waals surface area contributed by atoms with Crippen molar-refractivity contribution in [2.45, 2.75) is 13.8 Å². The summed E-state index contributed by atoms with van der Waals surface area (Å²) in [6, 6.07) is 0. The molecular weight excluding hydrogens is 421 g/mol. The van der Waals surface area contributed by atoms with Crippen molar-refractivity contribution in [2.75, 3.05) is 6.26 Å². The summed E-state index contributed by atoms with van der Waals surface area (Å²) in [5.74, 6) is 0. The summed E-state index contributed by atoms with van der Waals surface area (Å²) >= 11 is 3.53. The van der Waals surface area contributed by atoms with Crippen molar-refractivity contribution in [3.05, 3.63) is 0 Å². The molecule has 14 heteroatoms. The maximum atomic E-state index is 5.77. The highest BCUT2D eigenvalue weighted by atomic mass is 32.1. The first-order valence-corrected chi connectivity index (χ1v) is 48.3. The Morgan fingerprint density at radius 2 is 0.824 bits per heavy atom. The van der Waals surface area contributed by atoms with Gasteiger partial charge in [-0.15, -0.1) is 0 Å². The normalized spacial score (nSPS) is 16.9. The first-order valence-electron chi connectivity index (χ1n) is 6.87. The standard InChI is InChI=1S/C2H6.CH4S.H14OSi6.H14Si6/c2*1-2;2-6(3)1-7(4)5;1-5(2)6(3)4/h1-2H3;2H,1H3;6-7H,2-5H3;5-6H,1-4H3. The van der Waals surface area contributed by atoms with Crippen LogP contribution in [0.1, 0.15) is 13.8 Å². The van der Waals surface area contributed by atoms with E-state index in [1.54, 1.807) is 45.3 Å². The van der Waals surface area contributed by atoms with Gasteiger partial charge in [0.2, 0.25) is 0 Å². The maximum Gasteiger partial charge on any atom is 0.117 e. The monoisotopic (exact) mass is 458 g/mol. The zero-order chi connectivity index (χ0) is 15.0. The van der Waals surface area contributed by atoms with E-state index in [4.69, 9.17) is 4.12 Å². The van der Waals surface area contributed by atoms with Gasteiger partial charge in [0.25, 0.3) is 0 Å². The molecule has 0 saturated heterocycles. The highest BCUT2D eigenvalue weighted by molar-refractivity contribution is 7.79. The summed E-state index contributed by atoms with van der Waals surface area (Å²) in [7, 11) is 12.4. The molecule has 0 N–H and O–H groups in total. The summed E-state index contributed by atoms with van der Waals surface area (Å²) in [6.45, 7) is 4.00. The van der Waals surface area contributed by atoms with Crippen LogP contribution in [0.4, 0.5) is 0 Å². The average molecular weight is 459 g/mol. The molecule has 0 bridgehead atoms. The molecule has 0 aliphatic rings. The molecule has 17 heavy (non-hydrogen) atoms. The molecule has 0 rings (SSSR count). The van der Waals surface area contributed by atoms with Crippen LogP contribution in [0.25, 0.3) is 0 Å². The Labute approximate surface area is 144 Å². The third-order valence-corrected chi connectivity index (χ3v) is 123. The molecular formula is C3H38OSSi12. The van der Waals surface area contributed by atoms with Crippen molar-refractivity contribution in [2.24, 2.45) is 0 Å². The van der Waals surface area contributed by atoms with Gasteiger partial charge in [0, 0.05) is 39.0 Å². The molecule has 1 nitrogen and oxygen atoms in total. The Kier molecular flexibility index (Phi) is 39.7. The smallest absolute Gasteiger partial charge is 0.117 e. The van der Waals surface area contributed by atoms with Gasteiger partial charge in [0.15, 0.2) is 0 Å². The molecule has 0 fully saturated rings. The van der Waals surface area contributed by atoms with E-state index in [1.165, 1.54) is 39.0 Å². The minimum atomic E-state index is -0.319. The van der Waals surface area contributed by atoms with Crippen LogP contribution in [0.2, 0.25) is 0 Å². The first kappa shape index (κ1) is 28.1. The lowest BCUT2D eigenvalue weighted by Gasteiger charge is -2.08. The van der Waals surface area contributed by atoms with Crippen molar-refractivity contribution >= 4 is 122 Å². The molecule has 0 amide bonds. The minimum absolute atomic E-state index is 0.296. The predicted octanol–water partition coefficient (Wildman–Crippen LogP) is -10.6. The van der Waals surface area contributed by atoms with Gasteiger partial charge >= 0.3 is 0 Å². The summed E-state index contributed by atoms with van der Waals surface area (Å²) in [5.41, 5.74) is 0. The molecule has 0 heterocycles. The van der Waals surface area contributed by atoms with Gasteiger partial charge in [0.05, 0.1) is 0 Å². The van der Waals surface area contributed by atoms with Crippen molar-refractivity contribution < 1.29 is 4.12 Å². The van der Waals surface area contributed by atoms with E-state index in [1.807, 2.05) is 13.8 Å². The lowest BCUT2D eigenvalue weighted by Crippen LogP contribution is -2.38. The van der Waals surface area contributed by atoms with Crippen LogP contribution >= 0.6 is 12.6 Å².